The second-order valence-electron chi connectivity index (χ2n) is 7.97. The number of ether oxygens (including phenoxy) is 1. The molecule has 5 rings (SSSR count). The number of fused-ring (bicyclic) bond motifs is 1. The van der Waals surface area contributed by atoms with Gasteiger partial charge in [0.15, 0.2) is 0 Å². The van der Waals surface area contributed by atoms with Crippen molar-refractivity contribution in [2.75, 3.05) is 0 Å². The van der Waals surface area contributed by atoms with E-state index in [1.165, 1.54) is 24.3 Å². The molecule has 0 saturated heterocycles. The molecule has 35 heavy (non-hydrogen) atoms. The van der Waals surface area contributed by atoms with Crippen molar-refractivity contribution in [3.05, 3.63) is 59.0 Å². The molecule has 0 atom stereocenters. The fraction of sp³-hybridized carbons (Fsp3) is 0.261. The van der Waals surface area contributed by atoms with Crippen LogP contribution in [-0.4, -0.2) is 33.2 Å². The third kappa shape index (κ3) is 4.95. The summed E-state index contributed by atoms with van der Waals surface area (Å²) in [4.78, 5) is 16.5. The lowest BCUT2D eigenvalue weighted by molar-refractivity contribution is -0.121. The van der Waals surface area contributed by atoms with Crippen LogP contribution in [0.1, 0.15) is 29.6 Å². The molecular weight excluding hydrogens is 483 g/mol. The van der Waals surface area contributed by atoms with Gasteiger partial charge in [-0.1, -0.05) is 12.1 Å². The zero-order chi connectivity index (χ0) is 24.6. The number of nitrogens with zero attached hydrogens (tertiary/aromatic N) is 4. The Morgan fingerprint density at radius 2 is 2.06 bits per heavy atom. The predicted molar refractivity (Wildman–Crippen MR) is 118 cm³/mol. The number of benzene rings is 2. The first-order valence-corrected chi connectivity index (χ1v) is 11.3. The molecule has 0 unspecified atom stereocenters. The number of carbonyl (C=O) groups is 1. The average molecular weight is 499 g/mol. The van der Waals surface area contributed by atoms with Gasteiger partial charge in [0.1, 0.15) is 28.5 Å². The van der Waals surface area contributed by atoms with Crippen molar-refractivity contribution in [1.29, 1.82) is 5.26 Å². The molecule has 0 bridgehead atoms. The molecule has 1 amide bonds. The fourth-order valence-corrected chi connectivity index (χ4v) is 4.54. The average Bonchev–Trinajstić information content (AvgIpc) is 3.24. The highest BCUT2D eigenvalue weighted by Crippen LogP contribution is 2.35. The summed E-state index contributed by atoms with van der Waals surface area (Å²) in [6.07, 6.45) is 1.23. The minimum atomic E-state index is -2.98. The highest BCUT2D eigenvalue weighted by atomic mass is 32.1. The zero-order valence-corrected chi connectivity index (χ0v) is 18.7. The van der Waals surface area contributed by atoms with E-state index in [1.54, 1.807) is 12.1 Å². The molecule has 0 radical (unpaired) electrons. The molecule has 1 aliphatic rings. The van der Waals surface area contributed by atoms with Crippen molar-refractivity contribution in [1.82, 2.24) is 20.5 Å². The lowest BCUT2D eigenvalue weighted by atomic mass is 10.0. The molecule has 2 aromatic carbocycles. The van der Waals surface area contributed by atoms with Crippen LogP contribution in [-0.2, 0) is 17.6 Å². The van der Waals surface area contributed by atoms with Gasteiger partial charge < -0.3 is 14.5 Å². The Morgan fingerprint density at radius 1 is 1.26 bits per heavy atom. The summed E-state index contributed by atoms with van der Waals surface area (Å²) >= 11 is 1.10. The normalized spacial score (nSPS) is 14.1. The van der Waals surface area contributed by atoms with Crippen molar-refractivity contribution in [2.45, 2.75) is 37.8 Å². The number of amides is 1. The van der Waals surface area contributed by atoms with Gasteiger partial charge >= 0.3 is 6.61 Å². The smallest absolute Gasteiger partial charge is 0.387 e. The van der Waals surface area contributed by atoms with E-state index in [-0.39, 0.29) is 41.8 Å². The number of thiazole rings is 1. The van der Waals surface area contributed by atoms with Gasteiger partial charge in [0.25, 0.3) is 0 Å². The third-order valence-electron chi connectivity index (χ3n) is 5.38. The molecule has 12 heteroatoms. The summed E-state index contributed by atoms with van der Waals surface area (Å²) in [6.45, 7) is -2.98. The quantitative estimate of drug-likeness (QED) is 0.382. The highest BCUT2D eigenvalue weighted by molar-refractivity contribution is 7.18. The molecule has 0 aliphatic heterocycles. The maximum atomic E-state index is 15.3. The Morgan fingerprint density at radius 3 is 2.80 bits per heavy atom. The predicted octanol–water partition coefficient (Wildman–Crippen LogP) is 4.39. The van der Waals surface area contributed by atoms with Crippen LogP contribution >= 0.6 is 11.3 Å². The maximum Gasteiger partial charge on any atom is 0.387 e. The van der Waals surface area contributed by atoms with Crippen LogP contribution in [0.2, 0.25) is 0 Å². The molecule has 1 saturated carbocycles. The minimum absolute atomic E-state index is 0.0669. The van der Waals surface area contributed by atoms with Gasteiger partial charge in [-0.25, -0.2) is 9.37 Å². The summed E-state index contributed by atoms with van der Waals surface area (Å²) < 4.78 is 50.5. The molecule has 1 fully saturated rings. The molecule has 178 valence electrons. The number of halogens is 3. The lowest BCUT2D eigenvalue weighted by Crippen LogP contribution is -2.36. The van der Waals surface area contributed by atoms with Crippen LogP contribution in [0.5, 0.6) is 5.75 Å². The Bertz CT molecular complexity index is 1460. The van der Waals surface area contributed by atoms with Gasteiger partial charge in [0.05, 0.1) is 22.7 Å². The largest absolute Gasteiger partial charge is 0.435 e. The molecule has 2 aromatic heterocycles. The fourth-order valence-electron chi connectivity index (χ4n) is 3.54. The highest BCUT2D eigenvalue weighted by Gasteiger charge is 2.44. The van der Waals surface area contributed by atoms with Crippen LogP contribution in [0.15, 0.2) is 40.8 Å². The number of carbonyl (C=O) groups excluding carboxylic acids is 1. The molecule has 2 heterocycles. The molecule has 1 aliphatic carbocycles. The van der Waals surface area contributed by atoms with Crippen molar-refractivity contribution in [3.8, 4) is 22.9 Å². The Balaban J connectivity index is 1.31. The van der Waals surface area contributed by atoms with E-state index in [1.807, 2.05) is 0 Å². The summed E-state index contributed by atoms with van der Waals surface area (Å²) in [5, 5.41) is 20.0. The van der Waals surface area contributed by atoms with Gasteiger partial charge in [0, 0.05) is 5.56 Å². The molecule has 1 N–H and O–H groups in total. The first-order valence-electron chi connectivity index (χ1n) is 10.5. The van der Waals surface area contributed by atoms with Gasteiger partial charge in [-0.3, -0.25) is 4.79 Å². The summed E-state index contributed by atoms with van der Waals surface area (Å²) in [5.74, 6) is -0.660. The summed E-state index contributed by atoms with van der Waals surface area (Å²) in [7, 11) is 0. The van der Waals surface area contributed by atoms with E-state index >= 15 is 4.39 Å². The van der Waals surface area contributed by atoms with Crippen molar-refractivity contribution in [2.24, 2.45) is 0 Å². The summed E-state index contributed by atoms with van der Waals surface area (Å²) in [5.41, 5.74) is 0.267. The van der Waals surface area contributed by atoms with Crippen LogP contribution in [0.25, 0.3) is 21.3 Å². The van der Waals surface area contributed by atoms with E-state index in [2.05, 4.69) is 31.3 Å². The monoisotopic (exact) mass is 499 g/mol. The van der Waals surface area contributed by atoms with E-state index in [0.717, 1.165) is 11.3 Å². The molecule has 4 aromatic rings. The van der Waals surface area contributed by atoms with Gasteiger partial charge in [-0.15, -0.1) is 21.5 Å². The number of hydrogen-bond acceptors (Lipinski definition) is 8. The minimum Gasteiger partial charge on any atom is -0.435 e. The topological polar surface area (TPSA) is 114 Å². The number of nitriles is 1. The van der Waals surface area contributed by atoms with E-state index in [4.69, 9.17) is 9.68 Å². The molecule has 0 spiro atoms. The van der Waals surface area contributed by atoms with Gasteiger partial charge in [-0.05, 0) is 42.7 Å². The first-order chi connectivity index (χ1) is 16.8. The van der Waals surface area contributed by atoms with Crippen molar-refractivity contribution in [3.63, 3.8) is 0 Å². The maximum absolute atomic E-state index is 15.3. The Kier molecular flexibility index (Phi) is 5.86. The van der Waals surface area contributed by atoms with Crippen LogP contribution in [0.3, 0.4) is 0 Å². The van der Waals surface area contributed by atoms with Crippen LogP contribution < -0.4 is 10.1 Å². The van der Waals surface area contributed by atoms with E-state index < -0.39 is 18.0 Å². The first kappa shape index (κ1) is 22.8. The second-order valence-corrected chi connectivity index (χ2v) is 9.06. The SMILES string of the molecule is N#CC1(NC(=O)Cc2nnc(Cc3nc4ccc(-c5cccc(OC(F)F)c5)c(F)c4s3)o2)CC1. The zero-order valence-electron chi connectivity index (χ0n) is 17.9. The number of alkyl halides is 2. The second kappa shape index (κ2) is 8.99. The van der Waals surface area contributed by atoms with E-state index in [9.17, 15) is 13.6 Å². The van der Waals surface area contributed by atoms with Crippen LogP contribution in [0, 0.1) is 17.1 Å². The van der Waals surface area contributed by atoms with Crippen LogP contribution in [0.4, 0.5) is 13.2 Å². The van der Waals surface area contributed by atoms with Crippen molar-refractivity contribution < 1.29 is 27.1 Å². The van der Waals surface area contributed by atoms with E-state index in [0.29, 0.717) is 33.6 Å². The third-order valence-corrected chi connectivity index (χ3v) is 6.44. The standard InChI is InChI=1S/C23H16F3N5O3S/c24-20-14(12-2-1-3-13(8-12)33-22(25)26)4-5-15-21(20)35-19(28-15)10-18-31-30-17(34-18)9-16(32)29-23(11-27)6-7-23/h1-5,8,22H,6-7,9-10H2,(H,29,32). The molecular formula is C23H16F3N5O3S. The van der Waals surface area contributed by atoms with Gasteiger partial charge in [0.2, 0.25) is 17.7 Å². The number of hydrogen-bond donors (Lipinski definition) is 1. The Labute approximate surface area is 200 Å². The number of aromatic nitrogens is 3. The Hall–Kier alpha value is -3.98. The van der Waals surface area contributed by atoms with Crippen molar-refractivity contribution >= 4 is 27.5 Å². The molecule has 8 nitrogen and oxygen atoms in total. The van der Waals surface area contributed by atoms with Gasteiger partial charge in [-0.2, -0.15) is 14.0 Å². The number of nitrogens with one attached hydrogen (secondary N) is 1. The summed E-state index contributed by atoms with van der Waals surface area (Å²) in [6, 6.07) is 11.1. The number of rotatable bonds is 8. The lowest BCUT2D eigenvalue weighted by Gasteiger charge is -2.08.